The molecule has 0 radical (unpaired) electrons. The van der Waals surface area contributed by atoms with Gasteiger partial charge in [0.15, 0.2) is 12.5 Å². The lowest BCUT2D eigenvalue weighted by atomic mass is 9.42. The van der Waals surface area contributed by atoms with Gasteiger partial charge in [0.1, 0.15) is 0 Å². The van der Waals surface area contributed by atoms with E-state index >= 15 is 0 Å². The Balaban J connectivity index is 1.59. The SMILES string of the molecule is CC1(C)CB(c2cccc(-c3nc(-c4ccccc4)cc(-c4ccccc4)n3)c2)CC1(C)C. The smallest absolute Gasteiger partial charge is 0.177 e. The second-order valence-corrected chi connectivity index (χ2v) is 10.7. The first-order valence-corrected chi connectivity index (χ1v) is 11.9. The monoisotopic (exact) mass is 430 g/mol. The number of aromatic nitrogens is 2. The highest BCUT2D eigenvalue weighted by molar-refractivity contribution is 6.74. The Kier molecular flexibility index (Phi) is 5.44. The minimum Gasteiger partial charge on any atom is -0.228 e. The number of benzene rings is 3. The van der Waals surface area contributed by atoms with E-state index in [9.17, 15) is 0 Å². The normalized spacial score (nSPS) is 16.7. The first kappa shape index (κ1) is 21.6. The third-order valence-electron chi connectivity index (χ3n) is 7.83. The summed E-state index contributed by atoms with van der Waals surface area (Å²) in [5.74, 6) is 0.786. The van der Waals surface area contributed by atoms with Gasteiger partial charge in [0.05, 0.1) is 11.4 Å². The number of hydrogen-bond acceptors (Lipinski definition) is 2. The molecule has 0 atom stereocenters. The second kappa shape index (κ2) is 8.30. The number of hydrogen-bond donors (Lipinski definition) is 0. The van der Waals surface area contributed by atoms with Crippen LogP contribution in [0.4, 0.5) is 0 Å². The van der Waals surface area contributed by atoms with E-state index in [1.54, 1.807) is 0 Å². The van der Waals surface area contributed by atoms with Crippen molar-refractivity contribution in [2.24, 2.45) is 10.8 Å². The van der Waals surface area contributed by atoms with Gasteiger partial charge < -0.3 is 0 Å². The summed E-state index contributed by atoms with van der Waals surface area (Å²) < 4.78 is 0. The molecule has 0 bridgehead atoms. The van der Waals surface area contributed by atoms with Gasteiger partial charge in [-0.2, -0.15) is 0 Å². The van der Waals surface area contributed by atoms with E-state index in [2.05, 4.69) is 107 Å². The maximum atomic E-state index is 5.01. The topological polar surface area (TPSA) is 25.8 Å². The molecular formula is C30H31BN2. The van der Waals surface area contributed by atoms with Crippen molar-refractivity contribution < 1.29 is 0 Å². The van der Waals surface area contributed by atoms with Gasteiger partial charge in [-0.05, 0) is 16.9 Å². The Hall–Kier alpha value is -3.20. The summed E-state index contributed by atoms with van der Waals surface area (Å²) >= 11 is 0. The summed E-state index contributed by atoms with van der Waals surface area (Å²) in [4.78, 5) is 10.0. The fourth-order valence-corrected chi connectivity index (χ4v) is 5.11. The largest absolute Gasteiger partial charge is 0.228 e. The zero-order chi connectivity index (χ0) is 23.1. The fraction of sp³-hybridized carbons (Fsp3) is 0.267. The Labute approximate surface area is 198 Å². The van der Waals surface area contributed by atoms with Crippen LogP contribution in [0.3, 0.4) is 0 Å². The zero-order valence-electron chi connectivity index (χ0n) is 20.0. The van der Waals surface area contributed by atoms with Crippen LogP contribution in [0.5, 0.6) is 0 Å². The molecule has 0 saturated carbocycles. The Morgan fingerprint density at radius 2 is 1.06 bits per heavy atom. The lowest BCUT2D eigenvalue weighted by molar-refractivity contribution is 0.177. The molecule has 0 unspecified atom stereocenters. The molecule has 1 saturated heterocycles. The molecule has 4 aromatic rings. The van der Waals surface area contributed by atoms with Crippen molar-refractivity contribution in [1.82, 2.24) is 9.97 Å². The van der Waals surface area contributed by atoms with Gasteiger partial charge in [-0.1, -0.05) is 131 Å². The highest BCUT2D eigenvalue weighted by Crippen LogP contribution is 2.52. The van der Waals surface area contributed by atoms with Crippen molar-refractivity contribution >= 4 is 12.2 Å². The van der Waals surface area contributed by atoms with Gasteiger partial charge in [0.2, 0.25) is 0 Å². The number of nitrogens with zero attached hydrogens (tertiary/aromatic N) is 2. The summed E-state index contributed by atoms with van der Waals surface area (Å²) in [6, 6.07) is 31.8. The predicted molar refractivity (Wildman–Crippen MR) is 141 cm³/mol. The second-order valence-electron chi connectivity index (χ2n) is 10.7. The van der Waals surface area contributed by atoms with E-state index in [4.69, 9.17) is 9.97 Å². The van der Waals surface area contributed by atoms with Crippen LogP contribution in [-0.4, -0.2) is 16.7 Å². The van der Waals surface area contributed by atoms with E-state index < -0.39 is 0 Å². The van der Waals surface area contributed by atoms with Crippen LogP contribution in [-0.2, 0) is 0 Å². The molecule has 1 fully saturated rings. The standard InChI is InChI=1S/C30H31BN2/c1-29(2)20-31(21-30(29,3)4)25-17-11-16-24(18-25)28-32-26(22-12-7-5-8-13-22)19-27(33-28)23-14-9-6-10-15-23/h5-19H,20-21H2,1-4H3. The first-order chi connectivity index (χ1) is 15.8. The summed E-state index contributed by atoms with van der Waals surface area (Å²) in [7, 11) is 0. The van der Waals surface area contributed by atoms with Crippen LogP contribution in [0.25, 0.3) is 33.9 Å². The van der Waals surface area contributed by atoms with Crippen LogP contribution >= 0.6 is 0 Å². The summed E-state index contributed by atoms with van der Waals surface area (Å²) in [6.45, 7) is 10.2. The summed E-state index contributed by atoms with van der Waals surface area (Å²) in [5.41, 5.74) is 7.27. The third-order valence-corrected chi connectivity index (χ3v) is 7.83. The third kappa shape index (κ3) is 4.25. The van der Waals surface area contributed by atoms with E-state index in [0.717, 1.165) is 33.9 Å². The highest BCUT2D eigenvalue weighted by atomic mass is 14.9. The Morgan fingerprint density at radius 1 is 0.576 bits per heavy atom. The zero-order valence-corrected chi connectivity index (χ0v) is 20.0. The lowest BCUT2D eigenvalue weighted by Crippen LogP contribution is -2.27. The van der Waals surface area contributed by atoms with Crippen LogP contribution < -0.4 is 5.46 Å². The summed E-state index contributed by atoms with van der Waals surface area (Å²) in [5, 5.41) is 0. The molecule has 33 heavy (non-hydrogen) atoms. The maximum Gasteiger partial charge on any atom is 0.177 e. The summed E-state index contributed by atoms with van der Waals surface area (Å²) in [6.07, 6.45) is 2.42. The molecule has 1 aromatic heterocycles. The average molecular weight is 430 g/mol. The number of rotatable bonds is 4. The molecule has 0 aliphatic carbocycles. The van der Waals surface area contributed by atoms with Gasteiger partial charge >= 0.3 is 0 Å². The van der Waals surface area contributed by atoms with Crippen LogP contribution in [0.15, 0.2) is 91.0 Å². The van der Waals surface area contributed by atoms with E-state index in [0.29, 0.717) is 17.5 Å². The molecule has 3 aromatic carbocycles. The van der Waals surface area contributed by atoms with E-state index in [-0.39, 0.29) is 0 Å². The fourth-order valence-electron chi connectivity index (χ4n) is 5.11. The van der Waals surface area contributed by atoms with Crippen molar-refractivity contribution in [1.29, 1.82) is 0 Å². The average Bonchev–Trinajstić information content (AvgIpc) is 3.07. The molecule has 2 heterocycles. The maximum absolute atomic E-state index is 5.01. The highest BCUT2D eigenvalue weighted by Gasteiger charge is 2.48. The van der Waals surface area contributed by atoms with Gasteiger partial charge in [-0.25, -0.2) is 9.97 Å². The van der Waals surface area contributed by atoms with Crippen LogP contribution in [0.2, 0.25) is 12.6 Å². The van der Waals surface area contributed by atoms with Crippen molar-refractivity contribution in [2.75, 3.05) is 0 Å². The van der Waals surface area contributed by atoms with Gasteiger partial charge in [0.25, 0.3) is 0 Å². The molecular weight excluding hydrogens is 399 g/mol. The molecule has 2 nitrogen and oxygen atoms in total. The van der Waals surface area contributed by atoms with Gasteiger partial charge in [-0.3, -0.25) is 0 Å². The van der Waals surface area contributed by atoms with Gasteiger partial charge in [-0.15, -0.1) is 0 Å². The van der Waals surface area contributed by atoms with E-state index in [1.165, 1.54) is 18.1 Å². The van der Waals surface area contributed by atoms with Crippen molar-refractivity contribution in [3.63, 3.8) is 0 Å². The Bertz CT molecular complexity index is 1190. The molecule has 1 aliphatic rings. The predicted octanol–water partition coefficient (Wildman–Crippen LogP) is 7.25. The Morgan fingerprint density at radius 3 is 1.58 bits per heavy atom. The molecule has 5 rings (SSSR count). The van der Waals surface area contributed by atoms with Crippen molar-refractivity contribution in [3.8, 4) is 33.9 Å². The van der Waals surface area contributed by atoms with Crippen molar-refractivity contribution in [2.45, 2.75) is 40.3 Å². The molecule has 3 heteroatoms. The molecule has 1 aliphatic heterocycles. The minimum atomic E-state index is 0.331. The molecule has 0 N–H and O–H groups in total. The van der Waals surface area contributed by atoms with Crippen LogP contribution in [0, 0.1) is 10.8 Å². The molecule has 164 valence electrons. The van der Waals surface area contributed by atoms with Gasteiger partial charge in [0, 0.05) is 16.7 Å². The van der Waals surface area contributed by atoms with Crippen LogP contribution in [0.1, 0.15) is 27.7 Å². The lowest BCUT2D eigenvalue weighted by Gasteiger charge is -2.35. The molecule has 0 amide bonds. The molecule has 0 spiro atoms. The quantitative estimate of drug-likeness (QED) is 0.319. The minimum absolute atomic E-state index is 0.331. The van der Waals surface area contributed by atoms with Crippen molar-refractivity contribution in [3.05, 3.63) is 91.0 Å². The van der Waals surface area contributed by atoms with E-state index in [1.807, 2.05) is 12.1 Å². The first-order valence-electron chi connectivity index (χ1n) is 11.9.